The molecular formula is C19H25N3. The summed E-state index contributed by atoms with van der Waals surface area (Å²) in [6, 6.07) is 14.8. The molecule has 22 heavy (non-hydrogen) atoms. The Labute approximate surface area is 133 Å². The summed E-state index contributed by atoms with van der Waals surface area (Å²) in [5.74, 6) is 0. The lowest BCUT2D eigenvalue weighted by Crippen LogP contribution is -2.30. The van der Waals surface area contributed by atoms with E-state index in [2.05, 4.69) is 58.1 Å². The Morgan fingerprint density at radius 2 is 1.64 bits per heavy atom. The highest BCUT2D eigenvalue weighted by Crippen LogP contribution is 2.18. The second-order valence-corrected chi connectivity index (χ2v) is 5.97. The summed E-state index contributed by atoms with van der Waals surface area (Å²) in [7, 11) is 0. The summed E-state index contributed by atoms with van der Waals surface area (Å²) in [5, 5.41) is 0. The van der Waals surface area contributed by atoms with E-state index < -0.39 is 0 Å². The van der Waals surface area contributed by atoms with Gasteiger partial charge in [-0.3, -0.25) is 9.88 Å². The number of rotatable bonds is 4. The number of hydrogen-bond acceptors (Lipinski definition) is 3. The van der Waals surface area contributed by atoms with E-state index in [4.69, 9.17) is 0 Å². The van der Waals surface area contributed by atoms with E-state index in [0.29, 0.717) is 0 Å². The molecule has 1 aliphatic heterocycles. The zero-order valence-electron chi connectivity index (χ0n) is 13.4. The van der Waals surface area contributed by atoms with E-state index in [-0.39, 0.29) is 0 Å². The molecule has 0 atom stereocenters. The van der Waals surface area contributed by atoms with E-state index in [9.17, 15) is 0 Å². The minimum Gasteiger partial charge on any atom is -0.302 e. The lowest BCUT2D eigenvalue weighted by Gasteiger charge is -2.20. The van der Waals surface area contributed by atoms with E-state index in [0.717, 1.165) is 19.6 Å². The van der Waals surface area contributed by atoms with E-state index >= 15 is 0 Å². The van der Waals surface area contributed by atoms with Crippen LogP contribution in [0.5, 0.6) is 0 Å². The molecule has 1 fully saturated rings. The molecule has 1 saturated heterocycles. The topological polar surface area (TPSA) is 19.4 Å². The molecule has 0 unspecified atom stereocenters. The average molecular weight is 295 g/mol. The molecule has 0 saturated carbocycles. The number of nitrogens with zero attached hydrogens (tertiary/aromatic N) is 3. The molecule has 0 amide bonds. The maximum atomic E-state index is 4.66. The van der Waals surface area contributed by atoms with Crippen LogP contribution in [0, 0.1) is 0 Å². The molecule has 0 bridgehead atoms. The van der Waals surface area contributed by atoms with Crippen LogP contribution in [-0.4, -0.2) is 47.5 Å². The third-order valence-corrected chi connectivity index (χ3v) is 4.45. The van der Waals surface area contributed by atoms with E-state index in [1.54, 1.807) is 0 Å². The van der Waals surface area contributed by atoms with Gasteiger partial charge in [-0.1, -0.05) is 43.3 Å². The highest BCUT2D eigenvalue weighted by Gasteiger charge is 2.14. The predicted molar refractivity (Wildman–Crippen MR) is 91.7 cm³/mol. The van der Waals surface area contributed by atoms with Gasteiger partial charge in [0.15, 0.2) is 0 Å². The van der Waals surface area contributed by atoms with Gasteiger partial charge in [-0.25, -0.2) is 0 Å². The molecule has 1 aliphatic rings. The standard InChI is InChI=1S/C19H25N3/c1-2-21-11-6-12-22(14-13-21)16-19-10-9-18(15-20-19)17-7-4-3-5-8-17/h3-5,7-10,15H,2,6,11-14,16H2,1H3. The van der Waals surface area contributed by atoms with Crippen molar-refractivity contribution in [3.05, 3.63) is 54.4 Å². The molecule has 0 radical (unpaired) electrons. The van der Waals surface area contributed by atoms with Gasteiger partial charge in [0.05, 0.1) is 5.69 Å². The van der Waals surface area contributed by atoms with Crippen molar-refractivity contribution in [2.75, 3.05) is 32.7 Å². The minimum atomic E-state index is 0.965. The molecule has 3 rings (SSSR count). The highest BCUT2D eigenvalue weighted by molar-refractivity contribution is 5.62. The van der Waals surface area contributed by atoms with Gasteiger partial charge in [0.25, 0.3) is 0 Å². The molecule has 2 heterocycles. The molecular weight excluding hydrogens is 270 g/mol. The van der Waals surface area contributed by atoms with Gasteiger partial charge in [0.1, 0.15) is 0 Å². The lowest BCUT2D eigenvalue weighted by atomic mass is 10.1. The maximum Gasteiger partial charge on any atom is 0.0544 e. The van der Waals surface area contributed by atoms with Crippen molar-refractivity contribution in [2.24, 2.45) is 0 Å². The quantitative estimate of drug-likeness (QED) is 0.863. The van der Waals surface area contributed by atoms with Crippen LogP contribution >= 0.6 is 0 Å². The lowest BCUT2D eigenvalue weighted by molar-refractivity contribution is 0.255. The Hall–Kier alpha value is -1.71. The van der Waals surface area contributed by atoms with Crippen LogP contribution in [0.1, 0.15) is 19.0 Å². The minimum absolute atomic E-state index is 0.965. The van der Waals surface area contributed by atoms with Gasteiger partial charge in [-0.05, 0) is 37.7 Å². The smallest absolute Gasteiger partial charge is 0.0544 e. The summed E-state index contributed by atoms with van der Waals surface area (Å²) in [6.07, 6.45) is 3.26. The number of pyridine rings is 1. The third-order valence-electron chi connectivity index (χ3n) is 4.45. The molecule has 1 aromatic heterocycles. The Morgan fingerprint density at radius 3 is 2.36 bits per heavy atom. The third kappa shape index (κ3) is 3.93. The van der Waals surface area contributed by atoms with Crippen molar-refractivity contribution in [1.82, 2.24) is 14.8 Å². The summed E-state index contributed by atoms with van der Waals surface area (Å²) >= 11 is 0. The molecule has 3 heteroatoms. The van der Waals surface area contributed by atoms with Crippen LogP contribution in [0.3, 0.4) is 0 Å². The molecule has 2 aromatic rings. The van der Waals surface area contributed by atoms with Gasteiger partial charge >= 0.3 is 0 Å². The first-order valence-electron chi connectivity index (χ1n) is 8.30. The summed E-state index contributed by atoms with van der Waals surface area (Å²) in [4.78, 5) is 9.73. The highest BCUT2D eigenvalue weighted by atomic mass is 15.2. The second-order valence-electron chi connectivity index (χ2n) is 5.97. The van der Waals surface area contributed by atoms with Crippen LogP contribution in [0.2, 0.25) is 0 Å². The van der Waals surface area contributed by atoms with Gasteiger partial charge < -0.3 is 4.90 Å². The fourth-order valence-corrected chi connectivity index (χ4v) is 3.05. The van der Waals surface area contributed by atoms with E-state index in [1.807, 2.05) is 12.3 Å². The van der Waals surface area contributed by atoms with Crippen LogP contribution in [-0.2, 0) is 6.54 Å². The number of aromatic nitrogens is 1. The van der Waals surface area contributed by atoms with Gasteiger partial charge in [-0.2, -0.15) is 0 Å². The van der Waals surface area contributed by atoms with Crippen LogP contribution in [0.25, 0.3) is 11.1 Å². The summed E-state index contributed by atoms with van der Waals surface area (Å²) in [5.41, 5.74) is 3.59. The Kier molecular flexibility index (Phi) is 5.20. The first-order valence-corrected chi connectivity index (χ1v) is 8.30. The molecule has 0 aliphatic carbocycles. The fourth-order valence-electron chi connectivity index (χ4n) is 3.05. The van der Waals surface area contributed by atoms with Gasteiger partial charge in [-0.15, -0.1) is 0 Å². The number of likely N-dealkylation sites (N-methyl/N-ethyl adjacent to an activating group) is 1. The normalized spacial score (nSPS) is 17.3. The first kappa shape index (κ1) is 15.2. The number of benzene rings is 1. The SMILES string of the molecule is CCN1CCCN(Cc2ccc(-c3ccccc3)cn2)CC1. The summed E-state index contributed by atoms with van der Waals surface area (Å²) < 4.78 is 0. The van der Waals surface area contributed by atoms with E-state index in [1.165, 1.54) is 42.9 Å². The van der Waals surface area contributed by atoms with Crippen LogP contribution < -0.4 is 0 Å². The summed E-state index contributed by atoms with van der Waals surface area (Å²) in [6.45, 7) is 9.12. The van der Waals surface area contributed by atoms with Crippen LogP contribution in [0.4, 0.5) is 0 Å². The zero-order valence-corrected chi connectivity index (χ0v) is 13.4. The van der Waals surface area contributed by atoms with Crippen molar-refractivity contribution in [3.63, 3.8) is 0 Å². The number of hydrogen-bond donors (Lipinski definition) is 0. The Bertz CT molecular complexity index is 565. The van der Waals surface area contributed by atoms with Crippen molar-refractivity contribution < 1.29 is 0 Å². The Morgan fingerprint density at radius 1 is 0.864 bits per heavy atom. The first-order chi connectivity index (χ1) is 10.8. The predicted octanol–water partition coefficient (Wildman–Crippen LogP) is 3.28. The second kappa shape index (κ2) is 7.52. The molecule has 1 aromatic carbocycles. The molecule has 0 spiro atoms. The van der Waals surface area contributed by atoms with Gasteiger partial charge in [0, 0.05) is 31.4 Å². The average Bonchev–Trinajstić information content (AvgIpc) is 2.81. The maximum absolute atomic E-state index is 4.66. The fraction of sp³-hybridized carbons (Fsp3) is 0.421. The zero-order chi connectivity index (χ0) is 15.2. The van der Waals surface area contributed by atoms with Crippen molar-refractivity contribution in [3.8, 4) is 11.1 Å². The Balaban J connectivity index is 1.61. The van der Waals surface area contributed by atoms with Crippen molar-refractivity contribution >= 4 is 0 Å². The molecule has 0 N–H and O–H groups in total. The molecule has 116 valence electrons. The van der Waals surface area contributed by atoms with Crippen molar-refractivity contribution in [2.45, 2.75) is 19.9 Å². The van der Waals surface area contributed by atoms with Crippen molar-refractivity contribution in [1.29, 1.82) is 0 Å². The van der Waals surface area contributed by atoms with Crippen LogP contribution in [0.15, 0.2) is 48.7 Å². The molecule has 3 nitrogen and oxygen atoms in total. The monoisotopic (exact) mass is 295 g/mol. The largest absolute Gasteiger partial charge is 0.302 e. The van der Waals surface area contributed by atoms with Gasteiger partial charge in [0.2, 0.25) is 0 Å².